The van der Waals surface area contributed by atoms with Crippen LogP contribution in [0, 0.1) is 0 Å². The molecule has 0 atom stereocenters. The van der Waals surface area contributed by atoms with Crippen molar-refractivity contribution in [1.29, 1.82) is 0 Å². The van der Waals surface area contributed by atoms with Crippen LogP contribution in [-0.2, 0) is 28.9 Å². The molecule has 1 aliphatic rings. The maximum atomic E-state index is 12.2. The first-order valence-electron chi connectivity index (χ1n) is 8.72. The number of aromatic nitrogens is 2. The van der Waals surface area contributed by atoms with Gasteiger partial charge in [0.1, 0.15) is 5.75 Å². The molecule has 0 radical (unpaired) electrons. The Morgan fingerprint density at radius 2 is 2.27 bits per heavy atom. The number of hydrogen-bond donors (Lipinski definition) is 1. The normalized spacial score (nSPS) is 13.1. The summed E-state index contributed by atoms with van der Waals surface area (Å²) in [6.45, 7) is 1.39. The van der Waals surface area contributed by atoms with Gasteiger partial charge in [-0.3, -0.25) is 10.1 Å². The van der Waals surface area contributed by atoms with Crippen molar-refractivity contribution in [2.24, 2.45) is 0 Å². The molecule has 0 bridgehead atoms. The Bertz CT molecular complexity index is 910. The summed E-state index contributed by atoms with van der Waals surface area (Å²) in [7, 11) is 1.69. The van der Waals surface area contributed by atoms with Gasteiger partial charge in [-0.2, -0.15) is 0 Å². The van der Waals surface area contributed by atoms with Gasteiger partial charge >= 0.3 is 0 Å². The molecule has 136 valence electrons. The van der Waals surface area contributed by atoms with E-state index in [0.717, 1.165) is 36.0 Å². The summed E-state index contributed by atoms with van der Waals surface area (Å²) in [5, 5.41) is 4.51. The molecule has 2 aromatic heterocycles. The molecule has 0 fully saturated rings. The quantitative estimate of drug-likeness (QED) is 0.692. The number of hydrogen-bond acceptors (Lipinski definition) is 5. The molecular weight excluding hydrogens is 350 g/mol. The van der Waals surface area contributed by atoms with Crippen molar-refractivity contribution >= 4 is 33.3 Å². The Kier molecular flexibility index (Phi) is 4.90. The first-order chi connectivity index (χ1) is 12.7. The lowest BCUT2D eigenvalue weighted by molar-refractivity contribution is -0.118. The highest BCUT2D eigenvalue weighted by atomic mass is 32.1. The van der Waals surface area contributed by atoms with Crippen LogP contribution in [0.4, 0.5) is 5.13 Å². The summed E-state index contributed by atoms with van der Waals surface area (Å²) < 4.78 is 13.0. The third-order valence-corrected chi connectivity index (χ3v) is 5.58. The number of carbonyl (C=O) groups is 1. The number of amides is 1. The van der Waals surface area contributed by atoms with Crippen LogP contribution < -0.4 is 10.1 Å². The van der Waals surface area contributed by atoms with Gasteiger partial charge < -0.3 is 14.0 Å². The van der Waals surface area contributed by atoms with Crippen LogP contribution in [0.25, 0.3) is 10.9 Å². The average molecular weight is 371 g/mol. The number of ether oxygens (including phenoxy) is 2. The third kappa shape index (κ3) is 3.45. The van der Waals surface area contributed by atoms with Gasteiger partial charge in [0, 0.05) is 30.1 Å². The molecular formula is C19H21N3O3S. The fourth-order valence-corrected chi connectivity index (χ4v) is 4.31. The second-order valence-electron chi connectivity index (χ2n) is 6.27. The van der Waals surface area contributed by atoms with E-state index in [1.165, 1.54) is 11.3 Å². The molecule has 0 unspecified atom stereocenters. The Balaban J connectivity index is 1.40. The zero-order chi connectivity index (χ0) is 17.9. The number of nitrogens with one attached hydrogen (secondary N) is 1. The smallest absolute Gasteiger partial charge is 0.264 e. The summed E-state index contributed by atoms with van der Waals surface area (Å²) in [6.07, 6.45) is 5.26. The molecule has 3 aromatic rings. The number of nitrogens with zero attached hydrogens (tertiary/aromatic N) is 2. The Morgan fingerprint density at radius 1 is 1.35 bits per heavy atom. The first-order valence-corrected chi connectivity index (χ1v) is 9.54. The van der Waals surface area contributed by atoms with E-state index in [9.17, 15) is 4.79 Å². The fourth-order valence-electron chi connectivity index (χ4n) is 3.25. The van der Waals surface area contributed by atoms with Crippen molar-refractivity contribution < 1.29 is 14.3 Å². The lowest BCUT2D eigenvalue weighted by Gasteiger charge is -2.09. The monoisotopic (exact) mass is 371 g/mol. The Labute approximate surface area is 155 Å². The maximum absolute atomic E-state index is 12.2. The van der Waals surface area contributed by atoms with Crippen molar-refractivity contribution in [2.75, 3.05) is 25.6 Å². The maximum Gasteiger partial charge on any atom is 0.264 e. The summed E-state index contributed by atoms with van der Waals surface area (Å²) in [4.78, 5) is 18.0. The third-order valence-electron chi connectivity index (χ3n) is 4.51. The van der Waals surface area contributed by atoms with Crippen molar-refractivity contribution in [2.45, 2.75) is 25.8 Å². The van der Waals surface area contributed by atoms with E-state index in [2.05, 4.69) is 14.9 Å². The van der Waals surface area contributed by atoms with Gasteiger partial charge in [0.15, 0.2) is 11.7 Å². The van der Waals surface area contributed by atoms with Crippen molar-refractivity contribution in [3.63, 3.8) is 0 Å². The molecule has 0 aliphatic heterocycles. The van der Waals surface area contributed by atoms with Crippen molar-refractivity contribution in [1.82, 2.24) is 9.55 Å². The SMILES string of the molecule is COCCn1ccc2c(OCC(=O)Nc3nc4c(s3)CCC4)cccc21. The van der Waals surface area contributed by atoms with Crippen LogP contribution in [0.2, 0.25) is 0 Å². The van der Waals surface area contributed by atoms with Crippen LogP contribution >= 0.6 is 11.3 Å². The molecule has 0 saturated carbocycles. The summed E-state index contributed by atoms with van der Waals surface area (Å²) >= 11 is 1.57. The van der Waals surface area contributed by atoms with Gasteiger partial charge in [0.25, 0.3) is 5.91 Å². The molecule has 2 heterocycles. The van der Waals surface area contributed by atoms with Gasteiger partial charge in [0.2, 0.25) is 0 Å². The van der Waals surface area contributed by atoms with E-state index in [1.807, 2.05) is 30.5 Å². The molecule has 0 spiro atoms. The average Bonchev–Trinajstić information content (AvgIpc) is 3.32. The molecule has 1 N–H and O–H groups in total. The number of anilines is 1. The Hall–Kier alpha value is -2.38. The lowest BCUT2D eigenvalue weighted by Crippen LogP contribution is -2.20. The van der Waals surface area contributed by atoms with Gasteiger partial charge in [-0.25, -0.2) is 4.98 Å². The molecule has 1 amide bonds. The number of methoxy groups -OCH3 is 1. The van der Waals surface area contributed by atoms with Crippen LogP contribution in [0.15, 0.2) is 30.5 Å². The van der Waals surface area contributed by atoms with Gasteiger partial charge in [-0.05, 0) is 37.5 Å². The number of benzene rings is 1. The molecule has 0 saturated heterocycles. The second kappa shape index (κ2) is 7.47. The standard InChI is InChI=1S/C19H21N3O3S/c1-24-11-10-22-9-8-13-15(22)5-3-6-16(13)25-12-18(23)21-19-20-14-4-2-7-17(14)26-19/h3,5-6,8-9H,2,4,7,10-12H2,1H3,(H,20,21,23). The second-order valence-corrected chi connectivity index (χ2v) is 7.35. The number of aryl methyl sites for hydroxylation is 2. The number of thiazole rings is 1. The molecule has 1 aromatic carbocycles. The van der Waals surface area contributed by atoms with Crippen LogP contribution in [0.3, 0.4) is 0 Å². The highest BCUT2D eigenvalue weighted by Crippen LogP contribution is 2.30. The van der Waals surface area contributed by atoms with E-state index < -0.39 is 0 Å². The minimum absolute atomic E-state index is 0.0351. The summed E-state index contributed by atoms with van der Waals surface area (Å²) in [5.41, 5.74) is 2.20. The highest BCUT2D eigenvalue weighted by Gasteiger charge is 2.18. The topological polar surface area (TPSA) is 65.4 Å². The Morgan fingerprint density at radius 3 is 3.12 bits per heavy atom. The summed E-state index contributed by atoms with van der Waals surface area (Å²) in [6, 6.07) is 7.86. The van der Waals surface area contributed by atoms with Gasteiger partial charge in [0.05, 0.1) is 17.8 Å². The zero-order valence-corrected chi connectivity index (χ0v) is 15.5. The summed E-state index contributed by atoms with van der Waals surface area (Å²) in [5.74, 6) is 0.517. The van der Waals surface area contributed by atoms with E-state index in [4.69, 9.17) is 9.47 Å². The van der Waals surface area contributed by atoms with Crippen molar-refractivity contribution in [3.8, 4) is 5.75 Å². The van der Waals surface area contributed by atoms with Gasteiger partial charge in [-0.1, -0.05) is 6.07 Å². The van der Waals surface area contributed by atoms with Crippen LogP contribution in [0.1, 0.15) is 17.0 Å². The van der Waals surface area contributed by atoms with E-state index in [0.29, 0.717) is 17.5 Å². The number of fused-ring (bicyclic) bond motifs is 2. The predicted octanol–water partition coefficient (Wildman–Crippen LogP) is 3.25. The molecule has 1 aliphatic carbocycles. The predicted molar refractivity (Wildman–Crippen MR) is 102 cm³/mol. The van der Waals surface area contributed by atoms with E-state index >= 15 is 0 Å². The van der Waals surface area contributed by atoms with Gasteiger partial charge in [-0.15, -0.1) is 11.3 Å². The molecule has 7 heteroatoms. The lowest BCUT2D eigenvalue weighted by atomic mass is 10.2. The largest absolute Gasteiger partial charge is 0.483 e. The van der Waals surface area contributed by atoms with E-state index in [-0.39, 0.29) is 12.5 Å². The number of carbonyl (C=O) groups excluding carboxylic acids is 1. The minimum atomic E-state index is -0.187. The molecule has 4 rings (SSSR count). The number of rotatable bonds is 7. The van der Waals surface area contributed by atoms with Crippen LogP contribution in [0.5, 0.6) is 5.75 Å². The molecule has 6 nitrogen and oxygen atoms in total. The zero-order valence-electron chi connectivity index (χ0n) is 14.7. The van der Waals surface area contributed by atoms with E-state index in [1.54, 1.807) is 18.4 Å². The molecule has 26 heavy (non-hydrogen) atoms. The van der Waals surface area contributed by atoms with Crippen LogP contribution in [-0.4, -0.2) is 35.8 Å². The first kappa shape index (κ1) is 17.1. The fraction of sp³-hybridized carbons (Fsp3) is 0.368. The van der Waals surface area contributed by atoms with Crippen molar-refractivity contribution in [3.05, 3.63) is 41.0 Å². The minimum Gasteiger partial charge on any atom is -0.483 e. The highest BCUT2D eigenvalue weighted by molar-refractivity contribution is 7.15.